The molecular weight excluding hydrogens is 238 g/mol. The van der Waals surface area contributed by atoms with Crippen molar-refractivity contribution in [3.63, 3.8) is 0 Å². The summed E-state index contributed by atoms with van der Waals surface area (Å²) < 4.78 is 2.01. The number of nitrogens with one attached hydrogen (secondary N) is 1. The van der Waals surface area contributed by atoms with Gasteiger partial charge in [0.15, 0.2) is 0 Å². The maximum Gasteiger partial charge on any atom is 0.223 e. The van der Waals surface area contributed by atoms with E-state index in [-0.39, 0.29) is 11.8 Å². The number of aromatic nitrogens is 2. The molecule has 1 N–H and O–H groups in total. The molecule has 4 heteroatoms. The van der Waals surface area contributed by atoms with Crippen molar-refractivity contribution in [3.05, 3.63) is 30.1 Å². The van der Waals surface area contributed by atoms with Crippen molar-refractivity contribution < 1.29 is 4.79 Å². The molecule has 1 fully saturated rings. The summed E-state index contributed by atoms with van der Waals surface area (Å²) in [6.45, 7) is 0.716. The van der Waals surface area contributed by atoms with E-state index in [1.165, 1.54) is 12.0 Å². The number of aryl methyl sites for hydroxylation is 1. The molecule has 1 amide bonds. The molecule has 0 unspecified atom stereocenters. The van der Waals surface area contributed by atoms with Crippen LogP contribution in [0.15, 0.2) is 24.5 Å². The quantitative estimate of drug-likeness (QED) is 0.911. The van der Waals surface area contributed by atoms with Gasteiger partial charge in [-0.05, 0) is 37.0 Å². The Labute approximate surface area is 112 Å². The van der Waals surface area contributed by atoms with Gasteiger partial charge in [0.05, 0.1) is 17.4 Å². The highest BCUT2D eigenvalue weighted by atomic mass is 16.1. The number of amides is 1. The summed E-state index contributed by atoms with van der Waals surface area (Å²) in [6, 6.07) is 6.30. The van der Waals surface area contributed by atoms with E-state index < -0.39 is 0 Å². The molecule has 0 spiro atoms. The molecular formula is C15H19N3O. The summed E-state index contributed by atoms with van der Waals surface area (Å²) in [5, 5.41) is 3.02. The van der Waals surface area contributed by atoms with Crippen LogP contribution in [0.5, 0.6) is 0 Å². The Morgan fingerprint density at radius 3 is 3.05 bits per heavy atom. The van der Waals surface area contributed by atoms with Gasteiger partial charge in [0, 0.05) is 19.5 Å². The first-order valence-corrected chi connectivity index (χ1v) is 6.92. The van der Waals surface area contributed by atoms with Crippen LogP contribution in [0.2, 0.25) is 0 Å². The number of hydrogen-bond acceptors (Lipinski definition) is 2. The molecule has 2 aromatic rings. The van der Waals surface area contributed by atoms with Gasteiger partial charge in [-0.3, -0.25) is 4.79 Å². The van der Waals surface area contributed by atoms with Gasteiger partial charge in [-0.2, -0.15) is 0 Å². The summed E-state index contributed by atoms with van der Waals surface area (Å²) in [4.78, 5) is 16.1. The van der Waals surface area contributed by atoms with Gasteiger partial charge < -0.3 is 9.88 Å². The number of fused-ring (bicyclic) bond motifs is 1. The minimum atomic E-state index is 0.227. The molecule has 4 nitrogen and oxygen atoms in total. The average Bonchev–Trinajstić information content (AvgIpc) is 2.69. The van der Waals surface area contributed by atoms with Gasteiger partial charge in [-0.1, -0.05) is 12.5 Å². The SMILES string of the molecule is Cn1cnc2cc(CCNC(=O)C3CCC3)ccc21. The first kappa shape index (κ1) is 12.2. The molecule has 1 aliphatic carbocycles. The highest BCUT2D eigenvalue weighted by molar-refractivity contribution is 5.79. The van der Waals surface area contributed by atoms with Crippen LogP contribution in [0.25, 0.3) is 11.0 Å². The number of carbonyl (C=O) groups is 1. The van der Waals surface area contributed by atoms with Gasteiger partial charge in [0.1, 0.15) is 0 Å². The zero-order valence-corrected chi connectivity index (χ0v) is 11.2. The lowest BCUT2D eigenvalue weighted by Crippen LogP contribution is -2.35. The molecule has 3 rings (SSSR count). The number of nitrogens with zero attached hydrogens (tertiary/aromatic N) is 2. The van der Waals surface area contributed by atoms with Crippen LogP contribution in [0.4, 0.5) is 0 Å². The highest BCUT2D eigenvalue weighted by Gasteiger charge is 2.24. The summed E-state index contributed by atoms with van der Waals surface area (Å²) >= 11 is 0. The number of hydrogen-bond donors (Lipinski definition) is 1. The zero-order chi connectivity index (χ0) is 13.2. The molecule has 0 atom stereocenters. The fourth-order valence-corrected chi connectivity index (χ4v) is 2.48. The molecule has 1 heterocycles. The van der Waals surface area contributed by atoms with E-state index >= 15 is 0 Å². The Morgan fingerprint density at radius 2 is 2.32 bits per heavy atom. The highest BCUT2D eigenvalue weighted by Crippen LogP contribution is 2.26. The molecule has 0 bridgehead atoms. The van der Waals surface area contributed by atoms with Crippen molar-refractivity contribution in [1.29, 1.82) is 0 Å². The molecule has 1 aliphatic rings. The number of imidazole rings is 1. The third-order valence-electron chi connectivity index (χ3n) is 3.98. The largest absolute Gasteiger partial charge is 0.356 e. The van der Waals surface area contributed by atoms with Crippen LogP contribution in [0, 0.1) is 5.92 Å². The average molecular weight is 257 g/mol. The van der Waals surface area contributed by atoms with E-state index in [9.17, 15) is 4.79 Å². The lowest BCUT2D eigenvalue weighted by atomic mass is 9.85. The van der Waals surface area contributed by atoms with E-state index in [2.05, 4.69) is 28.5 Å². The maximum absolute atomic E-state index is 11.7. The third kappa shape index (κ3) is 2.48. The van der Waals surface area contributed by atoms with Crippen molar-refractivity contribution in [1.82, 2.24) is 14.9 Å². The van der Waals surface area contributed by atoms with Crippen molar-refractivity contribution in [2.24, 2.45) is 13.0 Å². The Balaban J connectivity index is 1.57. The van der Waals surface area contributed by atoms with Crippen LogP contribution >= 0.6 is 0 Å². The van der Waals surface area contributed by atoms with Crippen LogP contribution < -0.4 is 5.32 Å². The van der Waals surface area contributed by atoms with Crippen LogP contribution in [0.1, 0.15) is 24.8 Å². The van der Waals surface area contributed by atoms with Crippen LogP contribution in [0.3, 0.4) is 0 Å². The van der Waals surface area contributed by atoms with Gasteiger partial charge in [0.25, 0.3) is 0 Å². The van der Waals surface area contributed by atoms with Gasteiger partial charge in [0.2, 0.25) is 5.91 Å². The second-order valence-electron chi connectivity index (χ2n) is 5.35. The first-order chi connectivity index (χ1) is 9.24. The molecule has 0 aliphatic heterocycles. The van der Waals surface area contributed by atoms with Crippen LogP contribution in [-0.4, -0.2) is 22.0 Å². The minimum absolute atomic E-state index is 0.227. The number of rotatable bonds is 4. The van der Waals surface area contributed by atoms with Crippen LogP contribution in [-0.2, 0) is 18.3 Å². The van der Waals surface area contributed by atoms with E-state index in [4.69, 9.17) is 0 Å². The smallest absolute Gasteiger partial charge is 0.223 e. The number of carbonyl (C=O) groups excluding carboxylic acids is 1. The summed E-state index contributed by atoms with van der Waals surface area (Å²) in [5.74, 6) is 0.503. The molecule has 1 saturated carbocycles. The molecule has 100 valence electrons. The summed E-state index contributed by atoms with van der Waals surface area (Å²) in [7, 11) is 1.99. The number of benzene rings is 1. The van der Waals surface area contributed by atoms with Crippen molar-refractivity contribution in [2.75, 3.05) is 6.54 Å². The summed E-state index contributed by atoms with van der Waals surface area (Å²) in [6.07, 6.45) is 6.02. The molecule has 0 saturated heterocycles. The van der Waals surface area contributed by atoms with Gasteiger partial charge >= 0.3 is 0 Å². The van der Waals surface area contributed by atoms with Crippen molar-refractivity contribution in [2.45, 2.75) is 25.7 Å². The van der Waals surface area contributed by atoms with Crippen molar-refractivity contribution in [3.8, 4) is 0 Å². The Hall–Kier alpha value is -1.84. The Bertz CT molecular complexity index is 598. The van der Waals surface area contributed by atoms with E-state index in [0.29, 0.717) is 6.54 Å². The first-order valence-electron chi connectivity index (χ1n) is 6.92. The second kappa shape index (κ2) is 5.03. The minimum Gasteiger partial charge on any atom is -0.356 e. The normalized spacial score (nSPS) is 15.4. The second-order valence-corrected chi connectivity index (χ2v) is 5.35. The Kier molecular flexibility index (Phi) is 3.23. The predicted octanol–water partition coefficient (Wildman–Crippen LogP) is 2.03. The van der Waals surface area contributed by atoms with E-state index in [0.717, 1.165) is 30.3 Å². The van der Waals surface area contributed by atoms with Gasteiger partial charge in [-0.25, -0.2) is 4.98 Å². The molecule has 0 radical (unpaired) electrons. The van der Waals surface area contributed by atoms with Gasteiger partial charge in [-0.15, -0.1) is 0 Å². The zero-order valence-electron chi connectivity index (χ0n) is 11.2. The Morgan fingerprint density at radius 1 is 1.47 bits per heavy atom. The molecule has 1 aromatic carbocycles. The third-order valence-corrected chi connectivity index (χ3v) is 3.98. The summed E-state index contributed by atoms with van der Waals surface area (Å²) in [5.41, 5.74) is 3.38. The monoisotopic (exact) mass is 257 g/mol. The topological polar surface area (TPSA) is 46.9 Å². The fourth-order valence-electron chi connectivity index (χ4n) is 2.48. The fraction of sp³-hybridized carbons (Fsp3) is 0.467. The lowest BCUT2D eigenvalue weighted by Gasteiger charge is -2.24. The van der Waals surface area contributed by atoms with Crippen molar-refractivity contribution >= 4 is 16.9 Å². The molecule has 19 heavy (non-hydrogen) atoms. The molecule has 1 aromatic heterocycles. The van der Waals surface area contributed by atoms with E-state index in [1.54, 1.807) is 0 Å². The lowest BCUT2D eigenvalue weighted by molar-refractivity contribution is -0.127. The maximum atomic E-state index is 11.7. The standard InChI is InChI=1S/C15H19N3O/c1-18-10-17-13-9-11(5-6-14(13)18)7-8-16-15(19)12-3-2-4-12/h5-6,9-10,12H,2-4,7-8H2,1H3,(H,16,19). The van der Waals surface area contributed by atoms with E-state index in [1.807, 2.05) is 17.9 Å². The predicted molar refractivity (Wildman–Crippen MR) is 74.8 cm³/mol.